The molecule has 0 atom stereocenters. The molecule has 1 amide bonds. The van der Waals surface area contributed by atoms with Gasteiger partial charge < -0.3 is 10.1 Å². The lowest BCUT2D eigenvalue weighted by Crippen LogP contribution is -2.22. The predicted octanol–water partition coefficient (Wildman–Crippen LogP) is -0.370. The Kier molecular flexibility index (Phi) is 3.22. The summed E-state index contributed by atoms with van der Waals surface area (Å²) >= 11 is 0. The molecular formula is C10H13N3O4S. The molecule has 1 saturated carbocycles. The van der Waals surface area contributed by atoms with E-state index >= 15 is 0 Å². The van der Waals surface area contributed by atoms with E-state index in [0.29, 0.717) is 0 Å². The number of nitrogens with zero attached hydrogens (tertiary/aromatic N) is 1. The zero-order valence-electron chi connectivity index (χ0n) is 9.71. The largest absolute Gasteiger partial charge is 0.490 e. The minimum atomic E-state index is -3.98. The minimum absolute atomic E-state index is 0.0420. The average molecular weight is 271 g/mol. The summed E-state index contributed by atoms with van der Waals surface area (Å²) in [5.74, 6) is -0.212. The van der Waals surface area contributed by atoms with Gasteiger partial charge in [0.25, 0.3) is 15.9 Å². The average Bonchev–Trinajstić information content (AvgIpc) is 3.10. The van der Waals surface area contributed by atoms with Gasteiger partial charge in [-0.2, -0.15) is 0 Å². The van der Waals surface area contributed by atoms with Crippen LogP contribution in [0.1, 0.15) is 23.3 Å². The molecule has 1 fully saturated rings. The van der Waals surface area contributed by atoms with Gasteiger partial charge in [-0.05, 0) is 12.8 Å². The normalized spacial score (nSPS) is 15.2. The highest BCUT2D eigenvalue weighted by molar-refractivity contribution is 7.89. The van der Waals surface area contributed by atoms with E-state index in [0.717, 1.165) is 12.8 Å². The third-order valence-electron chi connectivity index (χ3n) is 2.35. The van der Waals surface area contributed by atoms with Gasteiger partial charge in [0.05, 0.1) is 6.10 Å². The third kappa shape index (κ3) is 2.96. The first-order chi connectivity index (χ1) is 8.40. The molecule has 98 valence electrons. The van der Waals surface area contributed by atoms with Crippen LogP contribution < -0.4 is 15.2 Å². The minimum Gasteiger partial charge on any atom is -0.490 e. The van der Waals surface area contributed by atoms with E-state index in [1.54, 1.807) is 0 Å². The number of sulfonamides is 1. The first-order valence-corrected chi connectivity index (χ1v) is 6.88. The lowest BCUT2D eigenvalue weighted by molar-refractivity contribution is 0.0957. The summed E-state index contributed by atoms with van der Waals surface area (Å²) in [5.41, 5.74) is -0.0420. The van der Waals surface area contributed by atoms with Crippen molar-refractivity contribution in [1.82, 2.24) is 10.3 Å². The Hall–Kier alpha value is -1.67. The summed E-state index contributed by atoms with van der Waals surface area (Å²) < 4.78 is 28.0. The van der Waals surface area contributed by atoms with E-state index in [1.807, 2.05) is 0 Å². The quantitative estimate of drug-likeness (QED) is 0.776. The van der Waals surface area contributed by atoms with Gasteiger partial charge in [0.1, 0.15) is 11.4 Å². The van der Waals surface area contributed by atoms with Crippen molar-refractivity contribution < 1.29 is 17.9 Å². The van der Waals surface area contributed by atoms with E-state index in [9.17, 15) is 13.2 Å². The van der Waals surface area contributed by atoms with Gasteiger partial charge >= 0.3 is 0 Å². The topological polar surface area (TPSA) is 111 Å². The smallest absolute Gasteiger partial charge is 0.269 e. The monoisotopic (exact) mass is 271 g/mol. The fourth-order valence-electron chi connectivity index (χ4n) is 1.32. The van der Waals surface area contributed by atoms with Crippen molar-refractivity contribution in [2.45, 2.75) is 24.0 Å². The Morgan fingerprint density at radius 2 is 2.17 bits per heavy atom. The fraction of sp³-hybridized carbons (Fsp3) is 0.400. The van der Waals surface area contributed by atoms with Crippen molar-refractivity contribution >= 4 is 15.9 Å². The zero-order chi connectivity index (χ0) is 13.3. The van der Waals surface area contributed by atoms with Crippen molar-refractivity contribution in [2.75, 3.05) is 7.05 Å². The number of amides is 1. The Labute approximate surface area is 104 Å². The summed E-state index contributed by atoms with van der Waals surface area (Å²) in [6.45, 7) is 0. The van der Waals surface area contributed by atoms with Crippen LogP contribution in [-0.4, -0.2) is 32.5 Å². The Morgan fingerprint density at radius 3 is 2.67 bits per heavy atom. The molecular weight excluding hydrogens is 258 g/mol. The van der Waals surface area contributed by atoms with Crippen molar-refractivity contribution in [3.05, 3.63) is 17.8 Å². The van der Waals surface area contributed by atoms with Gasteiger partial charge in [0, 0.05) is 19.2 Å². The van der Waals surface area contributed by atoms with Crippen molar-refractivity contribution in [3.63, 3.8) is 0 Å². The van der Waals surface area contributed by atoms with Crippen molar-refractivity contribution in [3.8, 4) is 5.75 Å². The van der Waals surface area contributed by atoms with Gasteiger partial charge in [-0.25, -0.2) is 18.5 Å². The molecule has 3 N–H and O–H groups in total. The van der Waals surface area contributed by atoms with Crippen molar-refractivity contribution in [1.29, 1.82) is 0 Å². The third-order valence-corrected chi connectivity index (χ3v) is 3.15. The van der Waals surface area contributed by atoms with Gasteiger partial charge in [-0.3, -0.25) is 4.79 Å². The lowest BCUT2D eigenvalue weighted by Gasteiger charge is -2.08. The number of primary sulfonamides is 1. The molecule has 1 aliphatic carbocycles. The maximum Gasteiger partial charge on any atom is 0.269 e. The molecule has 0 saturated heterocycles. The number of hydrogen-bond acceptors (Lipinski definition) is 5. The summed E-state index contributed by atoms with van der Waals surface area (Å²) in [7, 11) is -2.55. The van der Waals surface area contributed by atoms with Crippen LogP contribution in [0.3, 0.4) is 0 Å². The standard InChI is InChI=1S/C10H13N3O4S/c1-12-10(14)8-4-7(17-6-2-3-6)5-9(13-8)18(11,15)16/h4-6H,2-3H2,1H3,(H,12,14)(H2,11,15,16). The molecule has 1 heterocycles. The molecule has 1 aromatic heterocycles. The Balaban J connectivity index is 2.43. The van der Waals surface area contributed by atoms with Crippen LogP contribution in [0.5, 0.6) is 5.75 Å². The van der Waals surface area contributed by atoms with Crippen LogP contribution in [0.25, 0.3) is 0 Å². The molecule has 0 spiro atoms. The molecule has 8 heteroatoms. The second-order valence-electron chi connectivity index (χ2n) is 3.97. The van der Waals surface area contributed by atoms with Crippen LogP contribution >= 0.6 is 0 Å². The van der Waals surface area contributed by atoms with E-state index in [1.165, 1.54) is 19.2 Å². The number of ether oxygens (including phenoxy) is 1. The van der Waals surface area contributed by atoms with Crippen LogP contribution in [-0.2, 0) is 10.0 Å². The lowest BCUT2D eigenvalue weighted by atomic mass is 10.3. The maximum atomic E-state index is 11.5. The Morgan fingerprint density at radius 1 is 1.50 bits per heavy atom. The number of rotatable bonds is 4. The number of nitrogens with one attached hydrogen (secondary N) is 1. The first-order valence-electron chi connectivity index (χ1n) is 5.34. The molecule has 1 aromatic rings. The number of nitrogens with two attached hydrogens (primary N) is 1. The van der Waals surface area contributed by atoms with E-state index in [2.05, 4.69) is 10.3 Å². The summed E-state index contributed by atoms with van der Waals surface area (Å²) in [4.78, 5) is 15.2. The Bertz CT molecular complexity index is 581. The highest BCUT2D eigenvalue weighted by Gasteiger charge is 2.25. The molecule has 0 aliphatic heterocycles. The SMILES string of the molecule is CNC(=O)c1cc(OC2CC2)cc(S(N)(=O)=O)n1. The molecule has 0 bridgehead atoms. The summed E-state index contributed by atoms with van der Waals surface area (Å²) in [6.07, 6.45) is 1.92. The number of pyridine rings is 1. The highest BCUT2D eigenvalue weighted by Crippen LogP contribution is 2.28. The van der Waals surface area contributed by atoms with E-state index in [-0.39, 0.29) is 22.6 Å². The summed E-state index contributed by atoms with van der Waals surface area (Å²) in [5, 5.41) is 6.99. The molecule has 2 rings (SSSR count). The van der Waals surface area contributed by atoms with Gasteiger partial charge in [0.15, 0.2) is 5.03 Å². The number of hydrogen-bond donors (Lipinski definition) is 2. The van der Waals surface area contributed by atoms with Gasteiger partial charge in [-0.1, -0.05) is 0 Å². The second kappa shape index (κ2) is 4.54. The number of aromatic nitrogens is 1. The second-order valence-corrected chi connectivity index (χ2v) is 5.48. The molecule has 0 radical (unpaired) electrons. The summed E-state index contributed by atoms with van der Waals surface area (Å²) in [6, 6.07) is 2.62. The van der Waals surface area contributed by atoms with Gasteiger partial charge in [0.2, 0.25) is 0 Å². The maximum absolute atomic E-state index is 11.5. The molecule has 7 nitrogen and oxygen atoms in total. The zero-order valence-corrected chi connectivity index (χ0v) is 10.5. The fourth-order valence-corrected chi connectivity index (χ4v) is 1.82. The van der Waals surface area contributed by atoms with Gasteiger partial charge in [-0.15, -0.1) is 0 Å². The van der Waals surface area contributed by atoms with Crippen LogP contribution in [0, 0.1) is 0 Å². The molecule has 1 aliphatic rings. The van der Waals surface area contributed by atoms with Crippen LogP contribution in [0.2, 0.25) is 0 Å². The molecule has 0 unspecified atom stereocenters. The van der Waals surface area contributed by atoms with Crippen LogP contribution in [0.15, 0.2) is 17.2 Å². The number of carbonyl (C=O) groups excluding carboxylic acids is 1. The van der Waals surface area contributed by atoms with E-state index in [4.69, 9.17) is 9.88 Å². The first kappa shape index (κ1) is 12.8. The highest BCUT2D eigenvalue weighted by atomic mass is 32.2. The van der Waals surface area contributed by atoms with E-state index < -0.39 is 15.9 Å². The predicted molar refractivity (Wildman–Crippen MR) is 62.7 cm³/mol. The molecule has 0 aromatic carbocycles. The van der Waals surface area contributed by atoms with Crippen molar-refractivity contribution in [2.24, 2.45) is 5.14 Å². The number of carbonyl (C=O) groups is 1. The molecule has 18 heavy (non-hydrogen) atoms. The van der Waals surface area contributed by atoms with Crippen LogP contribution in [0.4, 0.5) is 0 Å².